The van der Waals surface area contributed by atoms with Crippen molar-refractivity contribution in [2.24, 2.45) is 7.05 Å². The second-order valence-corrected chi connectivity index (χ2v) is 7.23. The van der Waals surface area contributed by atoms with Crippen molar-refractivity contribution >= 4 is 0 Å². The van der Waals surface area contributed by atoms with E-state index in [0.717, 1.165) is 17.0 Å². The molecule has 0 radical (unpaired) electrons. The molecule has 6 heteroatoms. The number of aryl methyl sites for hydroxylation is 1. The van der Waals surface area contributed by atoms with Gasteiger partial charge in [-0.25, -0.2) is 9.37 Å². The van der Waals surface area contributed by atoms with E-state index in [1.54, 1.807) is 18.3 Å². The van der Waals surface area contributed by atoms with Crippen LogP contribution in [0.5, 0.6) is 0 Å². The molecule has 25 heavy (non-hydrogen) atoms. The summed E-state index contributed by atoms with van der Waals surface area (Å²) in [5.74, 6) is 0.591. The maximum Gasteiger partial charge on any atom is 0.130 e. The molecule has 0 bridgehead atoms. The zero-order valence-electron chi connectivity index (χ0n) is 15.1. The van der Waals surface area contributed by atoms with Crippen molar-refractivity contribution in [3.63, 3.8) is 0 Å². The van der Waals surface area contributed by atoms with Crippen LogP contribution in [0.2, 0.25) is 0 Å². The molecule has 1 unspecified atom stereocenters. The summed E-state index contributed by atoms with van der Waals surface area (Å²) >= 11 is 0. The first-order chi connectivity index (χ1) is 11.8. The van der Waals surface area contributed by atoms with E-state index in [2.05, 4.69) is 36.2 Å². The summed E-state index contributed by atoms with van der Waals surface area (Å²) in [7, 11) is 1.94. The van der Waals surface area contributed by atoms with Gasteiger partial charge >= 0.3 is 0 Å². The minimum Gasteiger partial charge on any atom is -0.336 e. The molecule has 0 amide bonds. The lowest BCUT2D eigenvalue weighted by molar-refractivity contribution is 0.355. The highest BCUT2D eigenvalue weighted by Gasteiger charge is 2.19. The molecule has 1 aromatic carbocycles. The molecule has 3 rings (SSSR count). The number of hydrogen-bond acceptors (Lipinski definition) is 3. The Bertz CT molecular complexity index is 843. The third kappa shape index (κ3) is 3.96. The number of nitrogens with zero attached hydrogens (tertiary/aromatic N) is 4. The van der Waals surface area contributed by atoms with Crippen molar-refractivity contribution in [1.82, 2.24) is 24.6 Å². The largest absolute Gasteiger partial charge is 0.336 e. The quantitative estimate of drug-likeness (QED) is 0.774. The van der Waals surface area contributed by atoms with Crippen LogP contribution in [0.25, 0.3) is 0 Å². The Labute approximate surface area is 147 Å². The van der Waals surface area contributed by atoms with E-state index < -0.39 is 0 Å². The van der Waals surface area contributed by atoms with Gasteiger partial charge in [-0.05, 0) is 38.5 Å². The van der Waals surface area contributed by atoms with Gasteiger partial charge in [-0.1, -0.05) is 12.1 Å². The van der Waals surface area contributed by atoms with Crippen molar-refractivity contribution in [3.05, 3.63) is 71.8 Å². The minimum absolute atomic E-state index is 0.0557. The van der Waals surface area contributed by atoms with Crippen molar-refractivity contribution < 1.29 is 4.39 Å². The van der Waals surface area contributed by atoms with E-state index in [0.29, 0.717) is 6.54 Å². The van der Waals surface area contributed by atoms with E-state index in [1.165, 1.54) is 6.07 Å². The number of imidazole rings is 1. The first-order valence-corrected chi connectivity index (χ1v) is 8.34. The van der Waals surface area contributed by atoms with Crippen LogP contribution in [0.3, 0.4) is 0 Å². The highest BCUT2D eigenvalue weighted by atomic mass is 19.1. The normalized spacial score (nSPS) is 13.2. The van der Waals surface area contributed by atoms with Gasteiger partial charge in [0.2, 0.25) is 0 Å². The zero-order chi connectivity index (χ0) is 18.0. The lowest BCUT2D eigenvalue weighted by atomic mass is 10.1. The van der Waals surface area contributed by atoms with Crippen LogP contribution in [-0.2, 0) is 19.1 Å². The average molecular weight is 341 g/mol. The minimum atomic E-state index is -0.251. The maximum atomic E-state index is 13.7. The van der Waals surface area contributed by atoms with Crippen LogP contribution >= 0.6 is 0 Å². The standard InChI is InChI=1S/C19H24FN5/c1-19(2,3)25-13-14(12-23-25)11-22-17(18-21-8-9-24(18)4)15-6-5-7-16(20)10-15/h5-10,12-13,17,22H,11H2,1-4H3. The molecule has 0 aliphatic heterocycles. The molecule has 0 saturated heterocycles. The first-order valence-electron chi connectivity index (χ1n) is 8.34. The Morgan fingerprint density at radius 1 is 1.28 bits per heavy atom. The SMILES string of the molecule is Cn1ccnc1C(NCc1cnn(C(C)(C)C)c1)c1cccc(F)c1. The smallest absolute Gasteiger partial charge is 0.130 e. The van der Waals surface area contributed by atoms with Gasteiger partial charge in [0.05, 0.1) is 17.8 Å². The molecule has 1 N–H and O–H groups in total. The van der Waals surface area contributed by atoms with Gasteiger partial charge in [-0.15, -0.1) is 0 Å². The average Bonchev–Trinajstić information content (AvgIpc) is 3.17. The molecule has 5 nitrogen and oxygen atoms in total. The molecule has 132 valence electrons. The molecule has 0 fully saturated rings. The Balaban J connectivity index is 1.84. The van der Waals surface area contributed by atoms with Crippen molar-refractivity contribution in [3.8, 4) is 0 Å². The second kappa shape index (κ2) is 6.80. The summed E-state index contributed by atoms with van der Waals surface area (Å²) in [4.78, 5) is 4.44. The molecule has 3 aromatic rings. The van der Waals surface area contributed by atoms with Gasteiger partial charge in [-0.2, -0.15) is 5.10 Å². The predicted octanol–water partition coefficient (Wildman–Crippen LogP) is 3.39. The maximum absolute atomic E-state index is 13.7. The Kier molecular flexibility index (Phi) is 4.72. The number of hydrogen-bond donors (Lipinski definition) is 1. The van der Waals surface area contributed by atoms with Crippen LogP contribution in [0.1, 0.15) is 43.8 Å². The van der Waals surface area contributed by atoms with Crippen molar-refractivity contribution in [1.29, 1.82) is 0 Å². The summed E-state index contributed by atoms with van der Waals surface area (Å²) < 4.78 is 17.6. The van der Waals surface area contributed by atoms with Gasteiger partial charge in [-0.3, -0.25) is 10.00 Å². The summed E-state index contributed by atoms with van der Waals surface area (Å²) in [6.45, 7) is 6.95. The number of halogens is 1. The fraction of sp³-hybridized carbons (Fsp3) is 0.368. The summed E-state index contributed by atoms with van der Waals surface area (Å²) in [6.07, 6.45) is 7.54. The van der Waals surface area contributed by atoms with Crippen LogP contribution in [0.4, 0.5) is 4.39 Å². The fourth-order valence-electron chi connectivity index (χ4n) is 2.74. The fourth-order valence-corrected chi connectivity index (χ4v) is 2.74. The molecular formula is C19H24FN5. The lowest BCUT2D eigenvalue weighted by Gasteiger charge is -2.20. The van der Waals surface area contributed by atoms with E-state index in [4.69, 9.17) is 0 Å². The molecule has 0 aliphatic rings. The molecule has 2 aromatic heterocycles. The number of nitrogens with one attached hydrogen (secondary N) is 1. The Morgan fingerprint density at radius 2 is 2.08 bits per heavy atom. The zero-order valence-corrected chi connectivity index (χ0v) is 15.1. The topological polar surface area (TPSA) is 47.7 Å². The molecular weight excluding hydrogens is 317 g/mol. The van der Waals surface area contributed by atoms with Crippen LogP contribution < -0.4 is 5.32 Å². The lowest BCUT2D eigenvalue weighted by Crippen LogP contribution is -2.25. The van der Waals surface area contributed by atoms with Gasteiger partial charge < -0.3 is 4.57 Å². The van der Waals surface area contributed by atoms with E-state index in [1.807, 2.05) is 41.0 Å². The third-order valence-electron chi connectivity index (χ3n) is 4.13. The molecule has 2 heterocycles. The van der Waals surface area contributed by atoms with Gasteiger partial charge in [0.25, 0.3) is 0 Å². The Morgan fingerprint density at radius 3 is 2.68 bits per heavy atom. The highest BCUT2D eigenvalue weighted by molar-refractivity contribution is 5.26. The van der Waals surface area contributed by atoms with Gasteiger partial charge in [0.1, 0.15) is 11.6 Å². The summed E-state index contributed by atoms with van der Waals surface area (Å²) in [5, 5.41) is 7.91. The monoisotopic (exact) mass is 341 g/mol. The molecule has 1 atom stereocenters. The molecule has 0 spiro atoms. The van der Waals surface area contributed by atoms with Crippen LogP contribution in [-0.4, -0.2) is 19.3 Å². The van der Waals surface area contributed by atoms with Crippen molar-refractivity contribution in [2.75, 3.05) is 0 Å². The number of aromatic nitrogens is 4. The third-order valence-corrected chi connectivity index (χ3v) is 4.13. The van der Waals surface area contributed by atoms with Crippen LogP contribution in [0, 0.1) is 5.82 Å². The summed E-state index contributed by atoms with van der Waals surface area (Å²) in [6, 6.07) is 6.43. The molecule has 0 saturated carbocycles. The van der Waals surface area contributed by atoms with Gasteiger partial charge in [0, 0.05) is 37.7 Å². The number of benzene rings is 1. The predicted molar refractivity (Wildman–Crippen MR) is 95.5 cm³/mol. The van der Waals surface area contributed by atoms with Gasteiger partial charge in [0.15, 0.2) is 0 Å². The van der Waals surface area contributed by atoms with E-state index in [-0.39, 0.29) is 17.4 Å². The van der Waals surface area contributed by atoms with E-state index in [9.17, 15) is 4.39 Å². The van der Waals surface area contributed by atoms with Crippen molar-refractivity contribution in [2.45, 2.75) is 38.9 Å². The Hall–Kier alpha value is -2.47. The highest BCUT2D eigenvalue weighted by Crippen LogP contribution is 2.22. The second-order valence-electron chi connectivity index (χ2n) is 7.23. The summed E-state index contributed by atoms with van der Waals surface area (Å²) in [5.41, 5.74) is 1.86. The number of rotatable bonds is 5. The van der Waals surface area contributed by atoms with Crippen LogP contribution in [0.15, 0.2) is 49.1 Å². The van der Waals surface area contributed by atoms with E-state index >= 15 is 0 Å². The first kappa shape index (κ1) is 17.4. The molecule has 0 aliphatic carbocycles.